The Morgan fingerprint density at radius 1 is 1.25 bits per heavy atom. The molecule has 1 N–H and O–H groups in total. The molecule has 1 fully saturated rings. The number of aliphatic hydroxyl groups is 1. The molecule has 1 saturated carbocycles. The molecule has 3 unspecified atom stereocenters. The maximum Gasteiger partial charge on any atom is 0.0804 e. The molecule has 0 heterocycles. The van der Waals surface area contributed by atoms with Crippen LogP contribution >= 0.6 is 0 Å². The molecule has 1 aliphatic rings. The van der Waals surface area contributed by atoms with E-state index in [4.69, 9.17) is 9.47 Å². The van der Waals surface area contributed by atoms with Crippen molar-refractivity contribution in [3.05, 3.63) is 0 Å². The smallest absolute Gasteiger partial charge is 0.0804 e. The summed E-state index contributed by atoms with van der Waals surface area (Å²) in [5, 5.41) is 10.1. The SMILES string of the molecule is CCC1CCCCC1C(O)COCCOC. The fourth-order valence-electron chi connectivity index (χ4n) is 2.72. The van der Waals surface area contributed by atoms with Gasteiger partial charge in [0.1, 0.15) is 0 Å². The Kier molecular flexibility index (Phi) is 7.01. The molecule has 16 heavy (non-hydrogen) atoms. The Balaban J connectivity index is 2.24. The van der Waals surface area contributed by atoms with E-state index < -0.39 is 0 Å². The summed E-state index contributed by atoms with van der Waals surface area (Å²) in [6.07, 6.45) is 5.91. The summed E-state index contributed by atoms with van der Waals surface area (Å²) in [5.74, 6) is 1.14. The molecule has 0 aromatic heterocycles. The first-order chi connectivity index (χ1) is 7.79. The summed E-state index contributed by atoms with van der Waals surface area (Å²) in [6.45, 7) is 3.87. The van der Waals surface area contributed by atoms with Crippen molar-refractivity contribution < 1.29 is 14.6 Å². The molecule has 1 aliphatic carbocycles. The predicted molar refractivity (Wildman–Crippen MR) is 64.4 cm³/mol. The van der Waals surface area contributed by atoms with Crippen molar-refractivity contribution in [2.24, 2.45) is 11.8 Å². The third-order valence-electron chi connectivity index (χ3n) is 3.71. The molecule has 0 saturated heterocycles. The van der Waals surface area contributed by atoms with E-state index in [2.05, 4.69) is 6.92 Å². The number of hydrogen-bond donors (Lipinski definition) is 1. The van der Waals surface area contributed by atoms with Gasteiger partial charge in [-0.05, 0) is 18.3 Å². The minimum atomic E-state index is -0.290. The maximum atomic E-state index is 10.1. The van der Waals surface area contributed by atoms with Gasteiger partial charge in [0.2, 0.25) is 0 Å². The Morgan fingerprint density at radius 2 is 2.00 bits per heavy atom. The lowest BCUT2D eigenvalue weighted by Crippen LogP contribution is -2.34. The van der Waals surface area contributed by atoms with Gasteiger partial charge in [-0.3, -0.25) is 0 Å². The zero-order valence-corrected chi connectivity index (χ0v) is 10.7. The zero-order valence-electron chi connectivity index (χ0n) is 10.7. The molecular weight excluding hydrogens is 204 g/mol. The molecule has 3 atom stereocenters. The fourth-order valence-corrected chi connectivity index (χ4v) is 2.72. The van der Waals surface area contributed by atoms with Crippen molar-refractivity contribution in [3.8, 4) is 0 Å². The molecule has 3 nitrogen and oxygen atoms in total. The second-order valence-corrected chi connectivity index (χ2v) is 4.75. The van der Waals surface area contributed by atoms with E-state index in [1.54, 1.807) is 7.11 Å². The number of aliphatic hydroxyl groups excluding tert-OH is 1. The Hall–Kier alpha value is -0.120. The van der Waals surface area contributed by atoms with Gasteiger partial charge in [-0.2, -0.15) is 0 Å². The van der Waals surface area contributed by atoms with Gasteiger partial charge in [-0.15, -0.1) is 0 Å². The van der Waals surface area contributed by atoms with Crippen LogP contribution in [0.3, 0.4) is 0 Å². The summed E-state index contributed by atoms with van der Waals surface area (Å²) in [6, 6.07) is 0. The van der Waals surface area contributed by atoms with Crippen LogP contribution in [0.1, 0.15) is 39.0 Å². The van der Waals surface area contributed by atoms with E-state index in [0.717, 1.165) is 6.42 Å². The highest BCUT2D eigenvalue weighted by molar-refractivity contribution is 4.79. The van der Waals surface area contributed by atoms with Crippen molar-refractivity contribution in [2.45, 2.75) is 45.1 Å². The minimum Gasteiger partial charge on any atom is -0.390 e. The molecule has 0 radical (unpaired) electrons. The van der Waals surface area contributed by atoms with Gasteiger partial charge in [0.05, 0.1) is 25.9 Å². The van der Waals surface area contributed by atoms with E-state index in [9.17, 15) is 5.11 Å². The summed E-state index contributed by atoms with van der Waals surface area (Å²) < 4.78 is 10.3. The van der Waals surface area contributed by atoms with Crippen LogP contribution in [0, 0.1) is 11.8 Å². The first-order valence-electron chi connectivity index (χ1n) is 6.54. The average molecular weight is 230 g/mol. The highest BCUT2D eigenvalue weighted by atomic mass is 16.5. The number of ether oxygens (including phenoxy) is 2. The molecule has 0 aromatic rings. The summed E-state index contributed by atoms with van der Waals surface area (Å²) in [4.78, 5) is 0. The van der Waals surface area contributed by atoms with Crippen LogP contribution in [0.25, 0.3) is 0 Å². The van der Waals surface area contributed by atoms with E-state index in [0.29, 0.717) is 31.7 Å². The van der Waals surface area contributed by atoms with Crippen molar-refractivity contribution in [3.63, 3.8) is 0 Å². The van der Waals surface area contributed by atoms with Gasteiger partial charge in [0.15, 0.2) is 0 Å². The van der Waals surface area contributed by atoms with Crippen molar-refractivity contribution in [1.29, 1.82) is 0 Å². The molecule has 0 aromatic carbocycles. The highest BCUT2D eigenvalue weighted by Crippen LogP contribution is 2.34. The molecule has 0 amide bonds. The molecule has 3 heteroatoms. The van der Waals surface area contributed by atoms with Crippen molar-refractivity contribution in [2.75, 3.05) is 26.9 Å². The van der Waals surface area contributed by atoms with Crippen molar-refractivity contribution >= 4 is 0 Å². The van der Waals surface area contributed by atoms with Gasteiger partial charge in [0, 0.05) is 7.11 Å². The molecule has 0 aliphatic heterocycles. The van der Waals surface area contributed by atoms with Crippen molar-refractivity contribution in [1.82, 2.24) is 0 Å². The first kappa shape index (κ1) is 13.9. The number of methoxy groups -OCH3 is 1. The van der Waals surface area contributed by atoms with Crippen LogP contribution < -0.4 is 0 Å². The molecule has 96 valence electrons. The average Bonchev–Trinajstić information content (AvgIpc) is 2.34. The topological polar surface area (TPSA) is 38.7 Å². The molecular formula is C13H26O3. The Morgan fingerprint density at radius 3 is 2.69 bits per heavy atom. The van der Waals surface area contributed by atoms with Crippen LogP contribution in [0.4, 0.5) is 0 Å². The van der Waals surface area contributed by atoms with Gasteiger partial charge >= 0.3 is 0 Å². The van der Waals surface area contributed by atoms with E-state index in [1.807, 2.05) is 0 Å². The summed E-state index contributed by atoms with van der Waals surface area (Å²) >= 11 is 0. The normalized spacial score (nSPS) is 27.9. The molecule has 0 spiro atoms. The van der Waals surface area contributed by atoms with Crippen LogP contribution in [-0.2, 0) is 9.47 Å². The zero-order chi connectivity index (χ0) is 11.8. The summed E-state index contributed by atoms with van der Waals surface area (Å²) in [5.41, 5.74) is 0. The van der Waals surface area contributed by atoms with Crippen LogP contribution in [-0.4, -0.2) is 38.1 Å². The first-order valence-corrected chi connectivity index (χ1v) is 6.54. The minimum absolute atomic E-state index is 0.290. The molecule has 1 rings (SSSR count). The maximum absolute atomic E-state index is 10.1. The third kappa shape index (κ3) is 4.40. The van der Waals surface area contributed by atoms with Crippen LogP contribution in [0.2, 0.25) is 0 Å². The molecule has 0 bridgehead atoms. The largest absolute Gasteiger partial charge is 0.390 e. The van der Waals surface area contributed by atoms with E-state index in [-0.39, 0.29) is 6.10 Å². The van der Waals surface area contributed by atoms with Crippen LogP contribution in [0.15, 0.2) is 0 Å². The lowest BCUT2D eigenvalue weighted by molar-refractivity contribution is -0.0335. The quantitative estimate of drug-likeness (QED) is 0.682. The number of hydrogen-bond acceptors (Lipinski definition) is 3. The van der Waals surface area contributed by atoms with Gasteiger partial charge in [0.25, 0.3) is 0 Å². The van der Waals surface area contributed by atoms with Crippen LogP contribution in [0.5, 0.6) is 0 Å². The monoisotopic (exact) mass is 230 g/mol. The predicted octanol–water partition coefficient (Wildman–Crippen LogP) is 2.23. The number of rotatable bonds is 7. The lowest BCUT2D eigenvalue weighted by Gasteiger charge is -2.34. The third-order valence-corrected chi connectivity index (χ3v) is 3.71. The van der Waals surface area contributed by atoms with Gasteiger partial charge < -0.3 is 14.6 Å². The Labute approximate surface area is 99.1 Å². The Bertz CT molecular complexity index is 173. The van der Waals surface area contributed by atoms with E-state index in [1.165, 1.54) is 25.7 Å². The van der Waals surface area contributed by atoms with Gasteiger partial charge in [-0.25, -0.2) is 0 Å². The lowest BCUT2D eigenvalue weighted by atomic mass is 9.75. The second-order valence-electron chi connectivity index (χ2n) is 4.75. The fraction of sp³-hybridized carbons (Fsp3) is 1.00. The second kappa shape index (κ2) is 8.04. The van der Waals surface area contributed by atoms with Gasteiger partial charge in [-0.1, -0.05) is 32.6 Å². The standard InChI is InChI=1S/C13H26O3/c1-3-11-6-4-5-7-12(11)13(14)10-16-9-8-15-2/h11-14H,3-10H2,1-2H3. The highest BCUT2D eigenvalue weighted by Gasteiger charge is 2.29. The summed E-state index contributed by atoms with van der Waals surface area (Å²) in [7, 11) is 1.66. The van der Waals surface area contributed by atoms with E-state index >= 15 is 0 Å².